The van der Waals surface area contributed by atoms with Crippen molar-refractivity contribution in [3.63, 3.8) is 0 Å². The fourth-order valence-electron chi connectivity index (χ4n) is 1.76. The molecule has 0 saturated carbocycles. The van der Waals surface area contributed by atoms with E-state index < -0.39 is 4.92 Å². The summed E-state index contributed by atoms with van der Waals surface area (Å²) in [5, 5.41) is 10.7. The first-order valence-electron chi connectivity index (χ1n) is 6.15. The number of nitro benzene ring substituents is 1. The maximum absolute atomic E-state index is 12.0. The van der Waals surface area contributed by atoms with E-state index >= 15 is 0 Å². The summed E-state index contributed by atoms with van der Waals surface area (Å²) in [5.41, 5.74) is 0.109. The Morgan fingerprint density at radius 3 is 2.52 bits per heavy atom. The largest absolute Gasteiger partial charge is 0.493 e. The molecule has 0 aliphatic heterocycles. The molecule has 0 amide bonds. The maximum Gasteiger partial charge on any atom is 0.270 e. The molecule has 0 atom stereocenters. The van der Waals surface area contributed by atoms with Crippen LogP contribution in [0.2, 0.25) is 0 Å². The lowest BCUT2D eigenvalue weighted by Crippen LogP contribution is -2.12. The molecular formula is C15H13NO5. The third kappa shape index (κ3) is 3.56. The summed E-state index contributed by atoms with van der Waals surface area (Å²) < 4.78 is 10.5. The molecule has 2 aromatic rings. The number of ketones is 1. The topological polar surface area (TPSA) is 78.7 Å². The normalized spacial score (nSPS) is 9.95. The van der Waals surface area contributed by atoms with Crippen LogP contribution in [0.5, 0.6) is 11.5 Å². The van der Waals surface area contributed by atoms with Gasteiger partial charge < -0.3 is 9.47 Å². The Balaban J connectivity index is 2.08. The van der Waals surface area contributed by atoms with Gasteiger partial charge >= 0.3 is 0 Å². The first-order chi connectivity index (χ1) is 10.1. The number of benzene rings is 2. The number of hydrogen-bond acceptors (Lipinski definition) is 5. The minimum absolute atomic E-state index is 0.127. The van der Waals surface area contributed by atoms with E-state index in [0.717, 1.165) is 0 Å². The molecule has 0 saturated heterocycles. The lowest BCUT2D eigenvalue weighted by atomic mass is 10.1. The molecule has 0 N–H and O–H groups in total. The molecule has 2 rings (SSSR count). The van der Waals surface area contributed by atoms with Gasteiger partial charge in [-0.15, -0.1) is 0 Å². The van der Waals surface area contributed by atoms with E-state index in [9.17, 15) is 14.9 Å². The number of ether oxygens (including phenoxy) is 2. The predicted molar refractivity (Wildman–Crippen MR) is 75.9 cm³/mol. The third-order valence-corrected chi connectivity index (χ3v) is 2.81. The Morgan fingerprint density at radius 2 is 1.86 bits per heavy atom. The van der Waals surface area contributed by atoms with Crippen LogP contribution in [0.1, 0.15) is 10.4 Å². The summed E-state index contributed by atoms with van der Waals surface area (Å²) in [6.07, 6.45) is 0. The van der Waals surface area contributed by atoms with Gasteiger partial charge in [-0.3, -0.25) is 14.9 Å². The van der Waals surface area contributed by atoms with Gasteiger partial charge in [-0.2, -0.15) is 0 Å². The van der Waals surface area contributed by atoms with Crippen LogP contribution < -0.4 is 9.47 Å². The van der Waals surface area contributed by atoms with Gasteiger partial charge in [0.1, 0.15) is 0 Å². The summed E-state index contributed by atoms with van der Waals surface area (Å²) in [6.45, 7) is -0.221. The van der Waals surface area contributed by atoms with Crippen LogP contribution in [0, 0.1) is 10.1 Å². The highest BCUT2D eigenvalue weighted by molar-refractivity contribution is 5.97. The third-order valence-electron chi connectivity index (χ3n) is 2.81. The van der Waals surface area contributed by atoms with Gasteiger partial charge in [-0.05, 0) is 12.1 Å². The van der Waals surface area contributed by atoms with Gasteiger partial charge in [0.15, 0.2) is 23.9 Å². The Bertz CT molecular complexity index is 669. The zero-order chi connectivity index (χ0) is 15.2. The van der Waals surface area contributed by atoms with E-state index in [1.165, 1.54) is 31.4 Å². The lowest BCUT2D eigenvalue weighted by Gasteiger charge is -2.09. The number of hydrogen-bond donors (Lipinski definition) is 0. The molecule has 6 nitrogen and oxygen atoms in total. The van der Waals surface area contributed by atoms with E-state index in [1.54, 1.807) is 24.3 Å². The minimum atomic E-state index is -0.544. The van der Waals surface area contributed by atoms with E-state index in [0.29, 0.717) is 11.5 Å². The summed E-state index contributed by atoms with van der Waals surface area (Å²) in [4.78, 5) is 22.1. The molecule has 0 bridgehead atoms. The monoisotopic (exact) mass is 287 g/mol. The van der Waals surface area contributed by atoms with Crippen molar-refractivity contribution in [3.8, 4) is 11.5 Å². The summed E-state index contributed by atoms with van der Waals surface area (Å²) >= 11 is 0. The highest BCUT2D eigenvalue weighted by Gasteiger charge is 2.13. The number of carbonyl (C=O) groups excluding carboxylic acids is 1. The Kier molecular flexibility index (Phi) is 4.50. The van der Waals surface area contributed by atoms with Crippen LogP contribution >= 0.6 is 0 Å². The molecule has 108 valence electrons. The molecular weight excluding hydrogens is 274 g/mol. The zero-order valence-electron chi connectivity index (χ0n) is 11.3. The molecule has 21 heavy (non-hydrogen) atoms. The van der Waals surface area contributed by atoms with Crippen molar-refractivity contribution in [1.29, 1.82) is 0 Å². The second-order valence-corrected chi connectivity index (χ2v) is 4.17. The van der Waals surface area contributed by atoms with Crippen molar-refractivity contribution in [2.45, 2.75) is 0 Å². The van der Waals surface area contributed by atoms with Crippen LogP contribution in [0.4, 0.5) is 5.69 Å². The standard InChI is InChI=1S/C15H13NO5/c1-20-14-7-2-3-8-15(14)21-10-13(17)11-5-4-6-12(9-11)16(18)19/h2-9H,10H2,1H3. The molecule has 0 aliphatic carbocycles. The molecule has 6 heteroatoms. The van der Waals surface area contributed by atoms with Crippen molar-refractivity contribution in [3.05, 3.63) is 64.2 Å². The number of Topliss-reactive ketones (excluding diaryl/α,β-unsaturated/α-hetero) is 1. The van der Waals surface area contributed by atoms with Crippen LogP contribution in [0.3, 0.4) is 0 Å². The second kappa shape index (κ2) is 6.51. The van der Waals surface area contributed by atoms with Gasteiger partial charge in [0.05, 0.1) is 12.0 Å². The van der Waals surface area contributed by atoms with Crippen molar-refractivity contribution in [2.24, 2.45) is 0 Å². The van der Waals surface area contributed by atoms with Crippen molar-refractivity contribution >= 4 is 11.5 Å². The van der Waals surface area contributed by atoms with Crippen molar-refractivity contribution in [2.75, 3.05) is 13.7 Å². The fourth-order valence-corrected chi connectivity index (χ4v) is 1.76. The van der Waals surface area contributed by atoms with Crippen LogP contribution in [-0.2, 0) is 0 Å². The molecule has 0 heterocycles. The quantitative estimate of drug-likeness (QED) is 0.463. The first kappa shape index (κ1) is 14.5. The number of carbonyl (C=O) groups is 1. The summed E-state index contributed by atoms with van der Waals surface area (Å²) in [7, 11) is 1.50. The average molecular weight is 287 g/mol. The Labute approximate surface area is 121 Å². The van der Waals surface area contributed by atoms with E-state index in [-0.39, 0.29) is 23.6 Å². The van der Waals surface area contributed by atoms with E-state index in [4.69, 9.17) is 9.47 Å². The number of rotatable bonds is 6. The number of non-ortho nitro benzene ring substituents is 1. The van der Waals surface area contributed by atoms with E-state index in [2.05, 4.69) is 0 Å². The van der Waals surface area contributed by atoms with Crippen LogP contribution in [-0.4, -0.2) is 24.4 Å². The van der Waals surface area contributed by atoms with Crippen LogP contribution in [0.25, 0.3) is 0 Å². The van der Waals surface area contributed by atoms with Gasteiger partial charge in [0, 0.05) is 17.7 Å². The molecule has 0 radical (unpaired) electrons. The van der Waals surface area contributed by atoms with Crippen molar-refractivity contribution in [1.82, 2.24) is 0 Å². The zero-order valence-corrected chi connectivity index (χ0v) is 11.3. The Hall–Kier alpha value is -2.89. The summed E-state index contributed by atoms with van der Waals surface area (Å²) in [5.74, 6) is 0.618. The molecule has 0 spiro atoms. The minimum Gasteiger partial charge on any atom is -0.493 e. The van der Waals surface area contributed by atoms with Gasteiger partial charge in [0.2, 0.25) is 0 Å². The smallest absolute Gasteiger partial charge is 0.270 e. The Morgan fingerprint density at radius 1 is 1.14 bits per heavy atom. The van der Waals surface area contributed by atoms with Gasteiger partial charge in [0.25, 0.3) is 5.69 Å². The van der Waals surface area contributed by atoms with Crippen LogP contribution in [0.15, 0.2) is 48.5 Å². The van der Waals surface area contributed by atoms with Gasteiger partial charge in [-0.1, -0.05) is 24.3 Å². The predicted octanol–water partition coefficient (Wildman–Crippen LogP) is 2.87. The first-order valence-corrected chi connectivity index (χ1v) is 6.15. The molecule has 0 unspecified atom stereocenters. The summed E-state index contributed by atoms with van der Waals surface area (Å²) in [6, 6.07) is 12.5. The number of para-hydroxylation sites is 2. The highest BCUT2D eigenvalue weighted by atomic mass is 16.6. The van der Waals surface area contributed by atoms with Gasteiger partial charge in [-0.25, -0.2) is 0 Å². The molecule has 0 aliphatic rings. The molecule has 0 fully saturated rings. The number of nitro groups is 1. The average Bonchev–Trinajstić information content (AvgIpc) is 2.52. The SMILES string of the molecule is COc1ccccc1OCC(=O)c1cccc([N+](=O)[O-])c1. The van der Waals surface area contributed by atoms with Crippen molar-refractivity contribution < 1.29 is 19.2 Å². The maximum atomic E-state index is 12.0. The van der Waals surface area contributed by atoms with E-state index in [1.807, 2.05) is 0 Å². The second-order valence-electron chi connectivity index (χ2n) is 4.17. The highest BCUT2D eigenvalue weighted by Crippen LogP contribution is 2.26. The number of nitrogens with zero attached hydrogens (tertiary/aromatic N) is 1. The molecule has 2 aromatic carbocycles. The molecule has 0 aromatic heterocycles. The lowest BCUT2D eigenvalue weighted by molar-refractivity contribution is -0.384. The number of methoxy groups -OCH3 is 1. The fraction of sp³-hybridized carbons (Fsp3) is 0.133.